The monoisotopic (exact) mass is 392 g/mol. The van der Waals surface area contributed by atoms with Crippen molar-refractivity contribution in [3.63, 3.8) is 0 Å². The number of nitrogens with one attached hydrogen (secondary N) is 1. The number of carbonyl (C=O) groups is 2. The van der Waals surface area contributed by atoms with E-state index in [1.165, 1.54) is 6.92 Å². The zero-order valence-electron chi connectivity index (χ0n) is 17.3. The zero-order chi connectivity index (χ0) is 20.8. The van der Waals surface area contributed by atoms with Crippen LogP contribution < -0.4 is 5.32 Å². The lowest BCUT2D eigenvalue weighted by Crippen LogP contribution is -2.28. The summed E-state index contributed by atoms with van der Waals surface area (Å²) in [5, 5.41) is 3.81. The average molecular weight is 392 g/mol. The van der Waals surface area contributed by atoms with Gasteiger partial charge in [-0.2, -0.15) is 0 Å². The number of rotatable bonds is 8. The molecule has 0 spiro atoms. The number of furan rings is 1. The predicted molar refractivity (Wildman–Crippen MR) is 116 cm³/mol. The van der Waals surface area contributed by atoms with E-state index in [0.29, 0.717) is 13.0 Å². The van der Waals surface area contributed by atoms with Gasteiger partial charge in [-0.05, 0) is 30.2 Å². The Morgan fingerprint density at radius 1 is 1.07 bits per heavy atom. The number of fused-ring (bicyclic) bond motifs is 1. The van der Waals surface area contributed by atoms with Crippen LogP contribution in [0.15, 0.2) is 52.9 Å². The van der Waals surface area contributed by atoms with Gasteiger partial charge in [-0.1, -0.05) is 43.7 Å². The molecule has 3 rings (SSSR count). The number of hydrogen-bond acceptors (Lipinski definition) is 3. The first-order valence-electron chi connectivity index (χ1n) is 10.1. The molecular weight excluding hydrogens is 364 g/mol. The van der Waals surface area contributed by atoms with Crippen LogP contribution >= 0.6 is 0 Å². The molecule has 0 fully saturated rings. The SMILES string of the molecule is CCCCc1oc2ccccc2c1CN(C)C(=O)Cc1ccc(NC(C)=O)cc1. The lowest BCUT2D eigenvalue weighted by atomic mass is 10.1. The first-order chi connectivity index (χ1) is 14.0. The Kier molecular flexibility index (Phi) is 6.70. The van der Waals surface area contributed by atoms with Gasteiger partial charge in [0.05, 0.1) is 6.42 Å². The van der Waals surface area contributed by atoms with Crippen molar-refractivity contribution in [2.24, 2.45) is 0 Å². The molecule has 0 atom stereocenters. The molecule has 1 heterocycles. The second-order valence-electron chi connectivity index (χ2n) is 7.41. The highest BCUT2D eigenvalue weighted by atomic mass is 16.3. The summed E-state index contributed by atoms with van der Waals surface area (Å²) in [6.45, 7) is 4.16. The summed E-state index contributed by atoms with van der Waals surface area (Å²) in [7, 11) is 1.83. The molecule has 0 saturated carbocycles. The maximum absolute atomic E-state index is 12.8. The molecule has 0 aliphatic rings. The minimum Gasteiger partial charge on any atom is -0.461 e. The smallest absolute Gasteiger partial charge is 0.227 e. The average Bonchev–Trinajstić information content (AvgIpc) is 3.05. The molecule has 2 amide bonds. The van der Waals surface area contributed by atoms with Gasteiger partial charge in [0.2, 0.25) is 11.8 Å². The molecule has 0 saturated heterocycles. The molecule has 5 heteroatoms. The standard InChI is InChI=1S/C24H28N2O3/c1-4-5-9-23-21(20-8-6-7-10-22(20)29-23)16-26(3)24(28)15-18-11-13-19(14-12-18)25-17(2)27/h6-8,10-14H,4-5,9,15-16H2,1-3H3,(H,25,27). The van der Waals surface area contributed by atoms with Crippen molar-refractivity contribution < 1.29 is 14.0 Å². The van der Waals surface area contributed by atoms with Crippen LogP contribution in [-0.2, 0) is 29.0 Å². The maximum Gasteiger partial charge on any atom is 0.227 e. The molecule has 29 heavy (non-hydrogen) atoms. The molecule has 0 aliphatic heterocycles. The highest BCUT2D eigenvalue weighted by molar-refractivity contribution is 5.88. The van der Waals surface area contributed by atoms with Crippen LogP contribution in [0.1, 0.15) is 43.6 Å². The van der Waals surface area contributed by atoms with Crippen LogP contribution in [-0.4, -0.2) is 23.8 Å². The van der Waals surface area contributed by atoms with Crippen molar-refractivity contribution in [2.75, 3.05) is 12.4 Å². The van der Waals surface area contributed by atoms with E-state index in [4.69, 9.17) is 4.42 Å². The Morgan fingerprint density at radius 2 is 1.79 bits per heavy atom. The van der Waals surface area contributed by atoms with Gasteiger partial charge in [0, 0.05) is 43.6 Å². The van der Waals surface area contributed by atoms with E-state index in [1.807, 2.05) is 49.5 Å². The Bertz CT molecular complexity index is 989. The van der Waals surface area contributed by atoms with Crippen molar-refractivity contribution in [3.8, 4) is 0 Å². The van der Waals surface area contributed by atoms with Crippen molar-refractivity contribution in [1.82, 2.24) is 4.90 Å². The summed E-state index contributed by atoms with van der Waals surface area (Å²) < 4.78 is 6.07. The second kappa shape index (κ2) is 9.41. The van der Waals surface area contributed by atoms with E-state index in [-0.39, 0.29) is 11.8 Å². The summed E-state index contributed by atoms with van der Waals surface area (Å²) in [6, 6.07) is 15.4. The zero-order valence-corrected chi connectivity index (χ0v) is 17.3. The minimum absolute atomic E-state index is 0.0454. The van der Waals surface area contributed by atoms with Gasteiger partial charge >= 0.3 is 0 Å². The molecule has 5 nitrogen and oxygen atoms in total. The van der Waals surface area contributed by atoms with Gasteiger partial charge in [0.15, 0.2) is 0 Å². The largest absolute Gasteiger partial charge is 0.461 e. The Morgan fingerprint density at radius 3 is 2.48 bits per heavy atom. The van der Waals surface area contributed by atoms with Crippen LogP contribution in [0.5, 0.6) is 0 Å². The van der Waals surface area contributed by atoms with Crippen LogP contribution in [0.2, 0.25) is 0 Å². The fraction of sp³-hybridized carbons (Fsp3) is 0.333. The number of nitrogens with zero attached hydrogens (tertiary/aromatic N) is 1. The molecule has 1 aromatic heterocycles. The summed E-state index contributed by atoms with van der Waals surface area (Å²) >= 11 is 0. The molecule has 3 aromatic rings. The first kappa shape index (κ1) is 20.6. The highest BCUT2D eigenvalue weighted by Crippen LogP contribution is 2.28. The highest BCUT2D eigenvalue weighted by Gasteiger charge is 2.18. The van der Waals surface area contributed by atoms with Crippen LogP contribution in [0.4, 0.5) is 5.69 Å². The van der Waals surface area contributed by atoms with E-state index in [2.05, 4.69) is 18.3 Å². The Labute approximate surface area is 171 Å². The first-order valence-corrected chi connectivity index (χ1v) is 10.1. The molecule has 0 unspecified atom stereocenters. The van der Waals surface area contributed by atoms with Crippen molar-refractivity contribution >= 4 is 28.5 Å². The van der Waals surface area contributed by atoms with E-state index < -0.39 is 0 Å². The molecule has 152 valence electrons. The number of benzene rings is 2. The van der Waals surface area contributed by atoms with Crippen molar-refractivity contribution in [2.45, 2.75) is 46.1 Å². The van der Waals surface area contributed by atoms with E-state index in [0.717, 1.165) is 52.8 Å². The number of unbranched alkanes of at least 4 members (excludes halogenated alkanes) is 1. The normalized spacial score (nSPS) is 10.9. The number of para-hydroxylation sites is 1. The molecule has 0 radical (unpaired) electrons. The van der Waals surface area contributed by atoms with Crippen LogP contribution in [0, 0.1) is 0 Å². The number of aryl methyl sites for hydroxylation is 1. The molecule has 2 aromatic carbocycles. The summed E-state index contributed by atoms with van der Waals surface area (Å²) in [6.07, 6.45) is 3.36. The van der Waals surface area contributed by atoms with Gasteiger partial charge in [-0.3, -0.25) is 9.59 Å². The van der Waals surface area contributed by atoms with E-state index in [9.17, 15) is 9.59 Å². The summed E-state index contributed by atoms with van der Waals surface area (Å²) in [5.74, 6) is 0.913. The van der Waals surface area contributed by atoms with Crippen molar-refractivity contribution in [1.29, 1.82) is 0 Å². The molecule has 1 N–H and O–H groups in total. The van der Waals surface area contributed by atoms with Gasteiger partial charge in [0.25, 0.3) is 0 Å². The number of hydrogen-bond donors (Lipinski definition) is 1. The number of amides is 2. The molecular formula is C24H28N2O3. The van der Waals surface area contributed by atoms with E-state index in [1.54, 1.807) is 4.90 Å². The second-order valence-corrected chi connectivity index (χ2v) is 7.41. The fourth-order valence-corrected chi connectivity index (χ4v) is 3.41. The topological polar surface area (TPSA) is 62.6 Å². The van der Waals surface area contributed by atoms with Gasteiger partial charge in [-0.25, -0.2) is 0 Å². The number of carbonyl (C=O) groups excluding carboxylic acids is 2. The van der Waals surface area contributed by atoms with Crippen LogP contribution in [0.25, 0.3) is 11.0 Å². The fourth-order valence-electron chi connectivity index (χ4n) is 3.41. The number of likely N-dealkylation sites (N-methyl/N-ethyl adjacent to an activating group) is 1. The third kappa shape index (κ3) is 5.25. The van der Waals surface area contributed by atoms with Gasteiger partial charge in [-0.15, -0.1) is 0 Å². The Balaban J connectivity index is 1.71. The maximum atomic E-state index is 12.8. The lowest BCUT2D eigenvalue weighted by molar-refractivity contribution is -0.129. The third-order valence-corrected chi connectivity index (χ3v) is 4.99. The number of anilines is 1. The molecule has 0 bridgehead atoms. The third-order valence-electron chi connectivity index (χ3n) is 4.99. The Hall–Kier alpha value is -3.08. The quantitative estimate of drug-likeness (QED) is 0.591. The predicted octanol–water partition coefficient (Wildman–Crippen LogP) is 4.93. The van der Waals surface area contributed by atoms with Gasteiger partial charge in [0.1, 0.15) is 11.3 Å². The van der Waals surface area contributed by atoms with Gasteiger partial charge < -0.3 is 14.6 Å². The minimum atomic E-state index is -0.111. The summed E-state index contributed by atoms with van der Waals surface area (Å²) in [4.78, 5) is 25.7. The van der Waals surface area contributed by atoms with E-state index >= 15 is 0 Å². The van der Waals surface area contributed by atoms with Crippen LogP contribution in [0.3, 0.4) is 0 Å². The summed E-state index contributed by atoms with van der Waals surface area (Å²) in [5.41, 5.74) is 3.63. The lowest BCUT2D eigenvalue weighted by Gasteiger charge is -2.18. The molecule has 0 aliphatic carbocycles. The van der Waals surface area contributed by atoms with Crippen molar-refractivity contribution in [3.05, 3.63) is 65.4 Å².